The Hall–Kier alpha value is 0. The molecule has 82 valence electrons. The van der Waals surface area contributed by atoms with Gasteiger partial charge in [-0.2, -0.15) is 0 Å². The van der Waals surface area contributed by atoms with E-state index in [2.05, 4.69) is 6.92 Å². The Bertz CT molecular complexity index is 544. The fraction of sp³-hybridized carbons (Fsp3) is 1.00. The largest absolute Gasteiger partial charge is 0.0582 e. The lowest BCUT2D eigenvalue weighted by atomic mass is 8.88. The highest BCUT2D eigenvalue weighted by Gasteiger charge is 3.17. The van der Waals surface area contributed by atoms with Gasteiger partial charge >= 0.3 is 0 Å². The van der Waals surface area contributed by atoms with Crippen molar-refractivity contribution in [2.24, 2.45) is 63.1 Å². The molecule has 16 heavy (non-hydrogen) atoms. The lowest BCUT2D eigenvalue weighted by Crippen LogP contribution is -3.12. The van der Waals surface area contributed by atoms with Crippen LogP contribution < -0.4 is 0 Å². The van der Waals surface area contributed by atoms with Crippen molar-refractivity contribution in [3.63, 3.8) is 0 Å². The van der Waals surface area contributed by atoms with E-state index >= 15 is 0 Å². The van der Waals surface area contributed by atoms with E-state index in [4.69, 9.17) is 0 Å². The number of rotatable bonds is 0. The van der Waals surface area contributed by atoms with Crippen molar-refractivity contribution in [3.05, 3.63) is 0 Å². The number of hydrogen-bond acceptors (Lipinski definition) is 0. The standard InChI is InChI=1S/C16H18/c1-13-7-2-6-3-8-11-5-12-10-4-9(7)15(10,13)16(11,12)14(6,8)13/h6-12H,2-5H2,1H3. The van der Waals surface area contributed by atoms with E-state index in [1.807, 2.05) is 0 Å². The van der Waals surface area contributed by atoms with Crippen LogP contribution in [0.5, 0.6) is 0 Å². The van der Waals surface area contributed by atoms with Gasteiger partial charge in [-0.1, -0.05) is 6.92 Å². The van der Waals surface area contributed by atoms with Crippen molar-refractivity contribution >= 4 is 0 Å². The topological polar surface area (TPSA) is 0 Å². The molecule has 0 heteroatoms. The molecule has 3 spiro atoms. The number of hydrogen-bond donors (Lipinski definition) is 0. The average molecular weight is 210 g/mol. The summed E-state index contributed by atoms with van der Waals surface area (Å²) < 4.78 is 0. The maximum atomic E-state index is 2.78. The van der Waals surface area contributed by atoms with Crippen molar-refractivity contribution in [2.45, 2.75) is 32.6 Å². The summed E-state index contributed by atoms with van der Waals surface area (Å²) in [5.41, 5.74) is 3.99. The van der Waals surface area contributed by atoms with Crippen LogP contribution in [0.4, 0.5) is 0 Å². The second kappa shape index (κ2) is 1.22. The molecule has 8 rings (SSSR count). The maximum absolute atomic E-state index is 2.78. The highest BCUT2D eigenvalue weighted by atomic mass is 15.2. The zero-order valence-electron chi connectivity index (χ0n) is 9.87. The van der Waals surface area contributed by atoms with E-state index < -0.39 is 0 Å². The average Bonchev–Trinajstić information content (AvgIpc) is 2.37. The van der Waals surface area contributed by atoms with Crippen LogP contribution in [0, 0.1) is 63.1 Å². The minimum Gasteiger partial charge on any atom is -0.0582 e. The highest BCUT2D eigenvalue weighted by Crippen LogP contribution is 3.20. The van der Waals surface area contributed by atoms with Crippen LogP contribution in [-0.2, 0) is 0 Å². The zero-order valence-corrected chi connectivity index (χ0v) is 9.87. The molecule has 11 atom stereocenters. The minimum absolute atomic E-state index is 0.925. The van der Waals surface area contributed by atoms with Crippen molar-refractivity contribution in [1.29, 1.82) is 0 Å². The van der Waals surface area contributed by atoms with E-state index in [1.165, 1.54) is 41.4 Å². The van der Waals surface area contributed by atoms with Gasteiger partial charge in [-0.25, -0.2) is 0 Å². The monoisotopic (exact) mass is 210 g/mol. The van der Waals surface area contributed by atoms with E-state index in [1.54, 1.807) is 25.7 Å². The molecular formula is C16H18. The maximum Gasteiger partial charge on any atom is -0.0100 e. The van der Waals surface area contributed by atoms with Crippen LogP contribution in [0.1, 0.15) is 32.6 Å². The third-order valence-corrected chi connectivity index (χ3v) is 10.9. The molecule has 8 aliphatic carbocycles. The van der Waals surface area contributed by atoms with Crippen LogP contribution in [0.3, 0.4) is 0 Å². The molecule has 11 unspecified atom stereocenters. The van der Waals surface area contributed by atoms with Gasteiger partial charge in [0.15, 0.2) is 0 Å². The first kappa shape index (κ1) is 6.81. The number of fused-ring (bicyclic) bond motifs is 3. The fourth-order valence-corrected chi connectivity index (χ4v) is 12.0. The van der Waals surface area contributed by atoms with Gasteiger partial charge in [0.25, 0.3) is 0 Å². The lowest BCUT2D eigenvalue weighted by Gasteiger charge is -3.16. The van der Waals surface area contributed by atoms with Gasteiger partial charge < -0.3 is 0 Å². The van der Waals surface area contributed by atoms with E-state index in [0.29, 0.717) is 0 Å². The second-order valence-electron chi connectivity index (χ2n) is 9.09. The summed E-state index contributed by atoms with van der Waals surface area (Å²) in [5, 5.41) is 0. The first-order valence-electron chi connectivity index (χ1n) is 7.79. The molecule has 8 aliphatic rings. The molecule has 0 aromatic heterocycles. The van der Waals surface area contributed by atoms with Gasteiger partial charge in [0, 0.05) is 0 Å². The predicted octanol–water partition coefficient (Wildman–Crippen LogP) is 2.93. The van der Waals surface area contributed by atoms with Crippen LogP contribution in [0.25, 0.3) is 0 Å². The summed E-state index contributed by atoms with van der Waals surface area (Å²) in [4.78, 5) is 0. The minimum atomic E-state index is 0.925. The molecule has 8 fully saturated rings. The third kappa shape index (κ3) is 0.211. The van der Waals surface area contributed by atoms with Crippen LogP contribution in [0.2, 0.25) is 0 Å². The van der Waals surface area contributed by atoms with Gasteiger partial charge in [-0.15, -0.1) is 0 Å². The molecule has 0 aliphatic heterocycles. The summed E-state index contributed by atoms with van der Waals surface area (Å²) in [7, 11) is 0. The molecule has 0 N–H and O–H groups in total. The first-order chi connectivity index (χ1) is 7.79. The SMILES string of the molecule is CC12C3CC4CC5C6CC7C8CC3C81C67C452. The van der Waals surface area contributed by atoms with Gasteiger partial charge in [0.2, 0.25) is 0 Å². The third-order valence-electron chi connectivity index (χ3n) is 10.9. The smallest absolute Gasteiger partial charge is 0.0100 e. The summed E-state index contributed by atoms with van der Waals surface area (Å²) >= 11 is 0. The Morgan fingerprint density at radius 2 is 1.19 bits per heavy atom. The second-order valence-corrected chi connectivity index (χ2v) is 9.09. The summed E-state index contributed by atoms with van der Waals surface area (Å²) in [5.74, 6) is 8.81. The predicted molar refractivity (Wildman–Crippen MR) is 58.3 cm³/mol. The molecule has 0 heterocycles. The van der Waals surface area contributed by atoms with Crippen molar-refractivity contribution in [2.75, 3.05) is 0 Å². The normalized spacial score (nSPS) is 101. The molecule has 0 amide bonds. The Balaban J connectivity index is 1.59. The van der Waals surface area contributed by atoms with Crippen molar-refractivity contribution < 1.29 is 0 Å². The van der Waals surface area contributed by atoms with E-state index in [0.717, 1.165) is 21.7 Å². The summed E-state index contributed by atoms with van der Waals surface area (Å²) in [6.07, 6.45) is 6.75. The molecule has 0 nitrogen and oxygen atoms in total. The lowest BCUT2D eigenvalue weighted by molar-refractivity contribution is -0.696. The Kier molecular flexibility index (Phi) is 0.521. The Labute approximate surface area is 96.2 Å². The van der Waals surface area contributed by atoms with Crippen molar-refractivity contribution in [1.82, 2.24) is 0 Å². The molecule has 8 saturated carbocycles. The van der Waals surface area contributed by atoms with Gasteiger partial charge in [-0.05, 0) is 88.8 Å². The molecule has 0 bridgehead atoms. The zero-order chi connectivity index (χ0) is 9.87. The quantitative estimate of drug-likeness (QED) is 0.576. The van der Waals surface area contributed by atoms with Crippen LogP contribution in [0.15, 0.2) is 0 Å². The van der Waals surface area contributed by atoms with Crippen LogP contribution in [-0.4, -0.2) is 0 Å². The van der Waals surface area contributed by atoms with E-state index in [9.17, 15) is 0 Å². The van der Waals surface area contributed by atoms with Crippen LogP contribution >= 0.6 is 0 Å². The van der Waals surface area contributed by atoms with Gasteiger partial charge in [0.1, 0.15) is 0 Å². The molecule has 0 saturated heterocycles. The van der Waals surface area contributed by atoms with Gasteiger partial charge in [-0.3, -0.25) is 0 Å². The fourth-order valence-electron chi connectivity index (χ4n) is 12.0. The van der Waals surface area contributed by atoms with Crippen molar-refractivity contribution in [3.8, 4) is 0 Å². The molecule has 0 aromatic carbocycles. The molecule has 0 radical (unpaired) electrons. The summed E-state index contributed by atoms with van der Waals surface area (Å²) in [6, 6.07) is 0. The molecular weight excluding hydrogens is 192 g/mol. The Morgan fingerprint density at radius 3 is 2.00 bits per heavy atom. The molecule has 0 aromatic rings. The first-order valence-corrected chi connectivity index (χ1v) is 7.79. The highest BCUT2D eigenvalue weighted by molar-refractivity contribution is 5.63. The summed E-state index contributed by atoms with van der Waals surface area (Å²) in [6.45, 7) is 2.78. The Morgan fingerprint density at radius 1 is 0.625 bits per heavy atom. The van der Waals surface area contributed by atoms with Gasteiger partial charge in [0.05, 0.1) is 0 Å². The van der Waals surface area contributed by atoms with E-state index in [-0.39, 0.29) is 0 Å².